The third kappa shape index (κ3) is 4.21. The predicted octanol–water partition coefficient (Wildman–Crippen LogP) is 4.45. The Morgan fingerprint density at radius 2 is 1.74 bits per heavy atom. The van der Waals surface area contributed by atoms with E-state index in [9.17, 15) is 4.79 Å². The summed E-state index contributed by atoms with van der Waals surface area (Å²) in [6, 6.07) is 9.49. The number of nitrogens with zero attached hydrogens (tertiary/aromatic N) is 1. The molecule has 0 bridgehead atoms. The Hall–Kier alpha value is -2.21. The van der Waals surface area contributed by atoms with Gasteiger partial charge in [0.2, 0.25) is 0 Å². The monoisotopic (exact) mass is 433 g/mol. The Morgan fingerprint density at radius 3 is 2.37 bits per heavy atom. The maximum atomic E-state index is 13.1. The molecule has 0 N–H and O–H groups in total. The molecule has 0 spiro atoms. The number of amides is 1. The van der Waals surface area contributed by atoms with Gasteiger partial charge in [-0.15, -0.1) is 0 Å². The molecule has 5 nitrogen and oxygen atoms in total. The molecule has 27 heavy (non-hydrogen) atoms. The lowest BCUT2D eigenvalue weighted by Crippen LogP contribution is -2.36. The summed E-state index contributed by atoms with van der Waals surface area (Å²) < 4.78 is 17.5. The smallest absolute Gasteiger partial charge is 0.255 e. The number of rotatable bonds is 6. The SMILES string of the molecule is CCOc1cc2c(cc1OCC)CN(C(=O)c1cc(OC)ccc1Br)CC2. The van der Waals surface area contributed by atoms with Crippen molar-refractivity contribution in [3.05, 3.63) is 51.5 Å². The summed E-state index contributed by atoms with van der Waals surface area (Å²) in [6.07, 6.45) is 0.787. The minimum Gasteiger partial charge on any atom is -0.497 e. The van der Waals surface area contributed by atoms with Crippen LogP contribution in [0.1, 0.15) is 35.3 Å². The molecule has 0 aliphatic carbocycles. The van der Waals surface area contributed by atoms with Crippen LogP contribution < -0.4 is 14.2 Å². The second-order valence-electron chi connectivity index (χ2n) is 6.26. The maximum absolute atomic E-state index is 13.1. The third-order valence-corrected chi connectivity index (χ3v) is 5.26. The van der Waals surface area contributed by atoms with Crippen molar-refractivity contribution >= 4 is 21.8 Å². The molecule has 0 atom stereocenters. The maximum Gasteiger partial charge on any atom is 0.255 e. The van der Waals surface area contributed by atoms with Gasteiger partial charge in [-0.05, 0) is 77.7 Å². The topological polar surface area (TPSA) is 48.0 Å². The molecule has 1 amide bonds. The number of carbonyl (C=O) groups excluding carboxylic acids is 1. The zero-order valence-corrected chi connectivity index (χ0v) is 17.5. The first-order chi connectivity index (χ1) is 13.1. The third-order valence-electron chi connectivity index (χ3n) is 4.57. The highest BCUT2D eigenvalue weighted by Gasteiger charge is 2.25. The number of benzene rings is 2. The van der Waals surface area contributed by atoms with Gasteiger partial charge in [-0.1, -0.05) is 0 Å². The van der Waals surface area contributed by atoms with Gasteiger partial charge >= 0.3 is 0 Å². The van der Waals surface area contributed by atoms with Crippen LogP contribution in [-0.2, 0) is 13.0 Å². The van der Waals surface area contributed by atoms with Crippen LogP contribution in [0.4, 0.5) is 0 Å². The highest BCUT2D eigenvalue weighted by molar-refractivity contribution is 9.10. The molecule has 0 radical (unpaired) electrons. The molecule has 0 aromatic heterocycles. The molecule has 0 fully saturated rings. The molecule has 0 saturated heterocycles. The van der Waals surface area contributed by atoms with Crippen molar-refractivity contribution < 1.29 is 19.0 Å². The first-order valence-electron chi connectivity index (χ1n) is 9.11. The summed E-state index contributed by atoms with van der Waals surface area (Å²) in [5, 5.41) is 0. The number of halogens is 1. The van der Waals surface area contributed by atoms with Crippen LogP contribution >= 0.6 is 15.9 Å². The van der Waals surface area contributed by atoms with Crippen LogP contribution in [0.2, 0.25) is 0 Å². The van der Waals surface area contributed by atoms with Crippen LogP contribution in [0.3, 0.4) is 0 Å². The van der Waals surface area contributed by atoms with Gasteiger partial charge in [-0.3, -0.25) is 4.79 Å². The summed E-state index contributed by atoms with van der Waals surface area (Å²) in [6.45, 7) is 6.28. The van der Waals surface area contributed by atoms with Gasteiger partial charge in [0, 0.05) is 17.6 Å². The van der Waals surface area contributed by atoms with Gasteiger partial charge in [0.15, 0.2) is 11.5 Å². The summed E-state index contributed by atoms with van der Waals surface area (Å²) in [7, 11) is 1.60. The van der Waals surface area contributed by atoms with Crippen LogP contribution in [0.25, 0.3) is 0 Å². The number of hydrogen-bond donors (Lipinski definition) is 0. The molecule has 1 heterocycles. The largest absolute Gasteiger partial charge is 0.497 e. The number of methoxy groups -OCH3 is 1. The fourth-order valence-electron chi connectivity index (χ4n) is 3.24. The lowest BCUT2D eigenvalue weighted by molar-refractivity contribution is 0.0733. The fraction of sp³-hybridized carbons (Fsp3) is 0.381. The number of carbonyl (C=O) groups is 1. The highest BCUT2D eigenvalue weighted by atomic mass is 79.9. The Bertz CT molecular complexity index is 837. The number of hydrogen-bond acceptors (Lipinski definition) is 4. The van der Waals surface area contributed by atoms with Crippen LogP contribution in [-0.4, -0.2) is 37.7 Å². The summed E-state index contributed by atoms with van der Waals surface area (Å²) in [5.74, 6) is 2.15. The first kappa shape index (κ1) is 19.5. The second kappa shape index (κ2) is 8.65. The van der Waals surface area contributed by atoms with E-state index in [0.29, 0.717) is 37.6 Å². The summed E-state index contributed by atoms with van der Waals surface area (Å²) >= 11 is 3.48. The summed E-state index contributed by atoms with van der Waals surface area (Å²) in [5.41, 5.74) is 2.91. The van der Waals surface area contributed by atoms with E-state index in [4.69, 9.17) is 14.2 Å². The molecule has 1 aliphatic heterocycles. The molecule has 1 aliphatic rings. The molecule has 2 aromatic carbocycles. The first-order valence-corrected chi connectivity index (χ1v) is 9.90. The van der Waals surface area contributed by atoms with Gasteiger partial charge in [0.1, 0.15) is 5.75 Å². The summed E-state index contributed by atoms with van der Waals surface area (Å²) in [4.78, 5) is 14.9. The molecule has 0 unspecified atom stereocenters. The quantitative estimate of drug-likeness (QED) is 0.674. The van der Waals surface area contributed by atoms with Crippen LogP contribution in [0.15, 0.2) is 34.8 Å². The second-order valence-corrected chi connectivity index (χ2v) is 7.11. The van der Waals surface area contributed by atoms with Crippen molar-refractivity contribution in [2.75, 3.05) is 26.9 Å². The van der Waals surface area contributed by atoms with E-state index in [1.165, 1.54) is 5.56 Å². The van der Waals surface area contributed by atoms with Crippen molar-refractivity contribution in [3.8, 4) is 17.2 Å². The molecule has 2 aromatic rings. The van der Waals surface area contributed by atoms with Gasteiger partial charge in [-0.25, -0.2) is 0 Å². The zero-order chi connectivity index (χ0) is 19.4. The minimum atomic E-state index is -0.0155. The zero-order valence-electron chi connectivity index (χ0n) is 15.9. The Morgan fingerprint density at radius 1 is 1.07 bits per heavy atom. The van der Waals surface area contributed by atoms with Crippen molar-refractivity contribution in [3.63, 3.8) is 0 Å². The van der Waals surface area contributed by atoms with Gasteiger partial charge in [0.25, 0.3) is 5.91 Å². The van der Waals surface area contributed by atoms with Crippen LogP contribution in [0, 0.1) is 0 Å². The average Bonchev–Trinajstić information content (AvgIpc) is 2.68. The fourth-order valence-corrected chi connectivity index (χ4v) is 3.66. The standard InChI is InChI=1S/C21H24BrNO4/c1-4-26-19-10-14-8-9-23(13-15(14)11-20(19)27-5-2)21(24)17-12-16(25-3)6-7-18(17)22/h6-7,10-12H,4-5,8-9,13H2,1-3H3. The molecular formula is C21H24BrNO4. The van der Waals surface area contributed by atoms with E-state index < -0.39 is 0 Å². The van der Waals surface area contributed by atoms with E-state index in [1.54, 1.807) is 13.2 Å². The predicted molar refractivity (Wildman–Crippen MR) is 108 cm³/mol. The van der Waals surface area contributed by atoms with E-state index >= 15 is 0 Å². The molecule has 144 valence electrons. The van der Waals surface area contributed by atoms with E-state index in [-0.39, 0.29) is 5.91 Å². The van der Waals surface area contributed by atoms with Gasteiger partial charge in [-0.2, -0.15) is 0 Å². The lowest BCUT2D eigenvalue weighted by Gasteiger charge is -2.30. The van der Waals surface area contributed by atoms with E-state index in [0.717, 1.165) is 28.0 Å². The van der Waals surface area contributed by atoms with Crippen LogP contribution in [0.5, 0.6) is 17.2 Å². The normalized spacial score (nSPS) is 13.1. The highest BCUT2D eigenvalue weighted by Crippen LogP contribution is 2.34. The van der Waals surface area contributed by atoms with Crippen molar-refractivity contribution in [2.45, 2.75) is 26.8 Å². The Labute approximate surface area is 168 Å². The molecule has 6 heteroatoms. The number of fused-ring (bicyclic) bond motifs is 1. The molecular weight excluding hydrogens is 410 g/mol. The van der Waals surface area contributed by atoms with Crippen molar-refractivity contribution in [2.24, 2.45) is 0 Å². The van der Waals surface area contributed by atoms with Crippen molar-refractivity contribution in [1.29, 1.82) is 0 Å². The molecule has 3 rings (SSSR count). The Kier molecular flexibility index (Phi) is 6.26. The van der Waals surface area contributed by atoms with E-state index in [1.807, 2.05) is 43.0 Å². The average molecular weight is 434 g/mol. The Balaban J connectivity index is 1.87. The van der Waals surface area contributed by atoms with Crippen molar-refractivity contribution in [1.82, 2.24) is 4.90 Å². The van der Waals surface area contributed by atoms with Gasteiger partial charge in [0.05, 0.1) is 25.9 Å². The lowest BCUT2D eigenvalue weighted by atomic mass is 9.98. The van der Waals surface area contributed by atoms with Gasteiger partial charge < -0.3 is 19.1 Å². The number of ether oxygens (including phenoxy) is 3. The van der Waals surface area contributed by atoms with E-state index in [2.05, 4.69) is 15.9 Å². The molecule has 0 saturated carbocycles. The minimum absolute atomic E-state index is 0.0155.